The van der Waals surface area contributed by atoms with Crippen molar-refractivity contribution in [2.75, 3.05) is 18.5 Å². The van der Waals surface area contributed by atoms with Crippen molar-refractivity contribution < 1.29 is 24.5 Å². The number of anilines is 1. The number of allylic oxidation sites excluding steroid dienone is 1. The number of carbonyl (C=O) groups is 1. The molecule has 1 fully saturated rings. The van der Waals surface area contributed by atoms with Gasteiger partial charge in [-0.2, -0.15) is 10.2 Å². The summed E-state index contributed by atoms with van der Waals surface area (Å²) in [5.74, 6) is -1.05. The van der Waals surface area contributed by atoms with Crippen molar-refractivity contribution in [3.05, 3.63) is 34.9 Å². The number of hydrogen-bond donors (Lipinski definition) is 3. The van der Waals surface area contributed by atoms with Crippen LogP contribution in [-0.2, 0) is 9.47 Å². The highest BCUT2D eigenvalue weighted by Crippen LogP contribution is 2.33. The molecule has 29 heavy (non-hydrogen) atoms. The van der Waals surface area contributed by atoms with E-state index in [4.69, 9.17) is 9.47 Å². The number of aromatic nitrogens is 2. The lowest BCUT2D eigenvalue weighted by molar-refractivity contribution is -0.0469. The summed E-state index contributed by atoms with van der Waals surface area (Å²) >= 11 is 0. The molecule has 0 saturated carbocycles. The minimum Gasteiger partial charge on any atom is -0.449 e. The zero-order chi connectivity index (χ0) is 21.2. The summed E-state index contributed by atoms with van der Waals surface area (Å²) in [7, 11) is 0. The fourth-order valence-corrected chi connectivity index (χ4v) is 2.87. The van der Waals surface area contributed by atoms with E-state index in [0.29, 0.717) is 6.42 Å². The molecular weight excluding hydrogens is 380 g/mol. The summed E-state index contributed by atoms with van der Waals surface area (Å²) in [4.78, 5) is 27.8. The molecule has 4 atom stereocenters. The molecule has 10 nitrogen and oxygen atoms in total. The summed E-state index contributed by atoms with van der Waals surface area (Å²) in [6.07, 6.45) is 5.09. The Labute approximate surface area is 168 Å². The van der Waals surface area contributed by atoms with Crippen LogP contribution in [0.15, 0.2) is 29.2 Å². The second-order valence-corrected chi connectivity index (χ2v) is 6.56. The first-order chi connectivity index (χ1) is 14.0. The zero-order valence-electron chi connectivity index (χ0n) is 16.2. The van der Waals surface area contributed by atoms with Crippen molar-refractivity contribution in [2.24, 2.45) is 5.92 Å². The van der Waals surface area contributed by atoms with Crippen LogP contribution in [0.3, 0.4) is 0 Å². The maximum absolute atomic E-state index is 12.3. The molecule has 158 valence electrons. The number of ether oxygens (including phenoxy) is 2. The monoisotopic (exact) mass is 406 g/mol. The van der Waals surface area contributed by atoms with Crippen LogP contribution in [-0.4, -0.2) is 51.3 Å². The van der Waals surface area contributed by atoms with E-state index in [1.807, 2.05) is 18.2 Å². The fraction of sp³-hybridized carbons (Fsp3) is 0.579. The summed E-state index contributed by atoms with van der Waals surface area (Å²) in [6, 6.07) is 3.23. The molecule has 3 N–H and O–H groups in total. The summed E-state index contributed by atoms with van der Waals surface area (Å²) in [5.41, 5.74) is -0.780. The molecule has 1 aliphatic rings. The SMILES string of the molecule is CCCC/C=C\CCOC(=O)Nc1ccn(C2O[C@H](CO)[C@@H](O)[C@@H]2C#N)c(=O)n1. The normalized spacial score (nSPS) is 23.8. The topological polar surface area (TPSA) is 147 Å². The first-order valence-electron chi connectivity index (χ1n) is 9.53. The summed E-state index contributed by atoms with van der Waals surface area (Å²) < 4.78 is 11.4. The van der Waals surface area contributed by atoms with E-state index in [1.165, 1.54) is 12.3 Å². The molecule has 1 aliphatic heterocycles. The van der Waals surface area contributed by atoms with Crippen LogP contribution in [0.5, 0.6) is 0 Å². The van der Waals surface area contributed by atoms with E-state index in [-0.39, 0.29) is 12.4 Å². The molecule has 0 aliphatic carbocycles. The first kappa shape index (κ1) is 22.5. The Kier molecular flexibility index (Phi) is 8.79. The van der Waals surface area contributed by atoms with Crippen LogP contribution in [0.1, 0.15) is 38.8 Å². The van der Waals surface area contributed by atoms with Gasteiger partial charge in [-0.05, 0) is 18.9 Å². The average Bonchev–Trinajstić information content (AvgIpc) is 3.02. The highest BCUT2D eigenvalue weighted by atomic mass is 16.6. The predicted octanol–water partition coefficient (Wildman–Crippen LogP) is 1.32. The number of hydrogen-bond acceptors (Lipinski definition) is 8. The highest BCUT2D eigenvalue weighted by molar-refractivity contribution is 5.83. The van der Waals surface area contributed by atoms with Gasteiger partial charge in [0.15, 0.2) is 6.23 Å². The fourth-order valence-electron chi connectivity index (χ4n) is 2.87. The average molecular weight is 406 g/mol. The van der Waals surface area contributed by atoms with Gasteiger partial charge in [0, 0.05) is 6.20 Å². The third-order valence-electron chi connectivity index (χ3n) is 4.44. The molecule has 0 spiro atoms. The maximum Gasteiger partial charge on any atom is 0.412 e. The molecule has 10 heteroatoms. The predicted molar refractivity (Wildman–Crippen MR) is 103 cm³/mol. The van der Waals surface area contributed by atoms with Crippen LogP contribution in [0.4, 0.5) is 10.6 Å². The van der Waals surface area contributed by atoms with E-state index in [1.54, 1.807) is 0 Å². The quantitative estimate of drug-likeness (QED) is 0.411. The number of unbranched alkanes of at least 4 members (excludes halogenated alkanes) is 2. The number of nitrogens with zero attached hydrogens (tertiary/aromatic N) is 3. The number of carbonyl (C=O) groups excluding carboxylic acids is 1. The van der Waals surface area contributed by atoms with Crippen molar-refractivity contribution in [1.82, 2.24) is 9.55 Å². The summed E-state index contributed by atoms with van der Waals surface area (Å²) in [6.45, 7) is 1.83. The largest absolute Gasteiger partial charge is 0.449 e. The van der Waals surface area contributed by atoms with Crippen LogP contribution >= 0.6 is 0 Å². The van der Waals surface area contributed by atoms with Gasteiger partial charge in [-0.25, -0.2) is 9.59 Å². The summed E-state index contributed by atoms with van der Waals surface area (Å²) in [5, 5.41) is 30.8. The molecule has 1 aromatic heterocycles. The Morgan fingerprint density at radius 1 is 1.48 bits per heavy atom. The highest BCUT2D eigenvalue weighted by Gasteiger charge is 2.45. The molecule has 1 saturated heterocycles. The number of nitrogens with one attached hydrogen (secondary N) is 1. The second-order valence-electron chi connectivity index (χ2n) is 6.56. The standard InChI is InChI=1S/C19H26N4O6/c1-2-3-4-5-6-7-10-28-19(27)22-15-8-9-23(18(26)21-15)17-13(11-20)16(25)14(12-24)29-17/h5-6,8-9,13-14,16-17,24-25H,2-4,7,10,12H2,1H3,(H,21,22,26,27)/b6-5-/t13-,14+,16-,17?/m0/s1. The maximum atomic E-state index is 12.3. The minimum absolute atomic E-state index is 0.0134. The Bertz CT molecular complexity index is 803. The molecule has 1 aromatic rings. The molecule has 0 aromatic carbocycles. The van der Waals surface area contributed by atoms with Crippen molar-refractivity contribution in [2.45, 2.75) is 51.0 Å². The smallest absolute Gasteiger partial charge is 0.412 e. The Morgan fingerprint density at radius 2 is 2.24 bits per heavy atom. The molecule has 0 radical (unpaired) electrons. The van der Waals surface area contributed by atoms with E-state index in [0.717, 1.165) is 23.8 Å². The zero-order valence-corrected chi connectivity index (χ0v) is 16.2. The van der Waals surface area contributed by atoms with Gasteiger partial charge in [-0.15, -0.1) is 0 Å². The molecule has 1 unspecified atom stereocenters. The van der Waals surface area contributed by atoms with Gasteiger partial charge >= 0.3 is 11.8 Å². The molecule has 0 bridgehead atoms. The van der Waals surface area contributed by atoms with Gasteiger partial charge in [-0.3, -0.25) is 9.88 Å². The lowest BCUT2D eigenvalue weighted by Gasteiger charge is -2.16. The number of amides is 1. The van der Waals surface area contributed by atoms with E-state index in [2.05, 4.69) is 17.2 Å². The van der Waals surface area contributed by atoms with Crippen molar-refractivity contribution in [3.63, 3.8) is 0 Å². The molecular formula is C19H26N4O6. The van der Waals surface area contributed by atoms with Gasteiger partial charge in [-0.1, -0.05) is 31.9 Å². The Hall–Kier alpha value is -2.74. The third-order valence-corrected chi connectivity index (χ3v) is 4.44. The number of aliphatic hydroxyl groups excluding tert-OH is 2. The van der Waals surface area contributed by atoms with Crippen LogP contribution in [0.25, 0.3) is 0 Å². The lowest BCUT2D eigenvalue weighted by Crippen LogP contribution is -2.32. The van der Waals surface area contributed by atoms with Gasteiger partial charge < -0.3 is 19.7 Å². The molecule has 2 rings (SSSR count). The van der Waals surface area contributed by atoms with Crippen LogP contribution < -0.4 is 11.0 Å². The van der Waals surface area contributed by atoms with Gasteiger partial charge in [0.2, 0.25) is 0 Å². The van der Waals surface area contributed by atoms with Crippen molar-refractivity contribution in [3.8, 4) is 6.07 Å². The second kappa shape index (κ2) is 11.3. The number of aliphatic hydroxyl groups is 2. The molecule has 1 amide bonds. The van der Waals surface area contributed by atoms with Crippen LogP contribution in [0, 0.1) is 17.2 Å². The van der Waals surface area contributed by atoms with Gasteiger partial charge in [0.1, 0.15) is 23.9 Å². The number of rotatable bonds is 9. The van der Waals surface area contributed by atoms with Crippen molar-refractivity contribution >= 4 is 11.9 Å². The van der Waals surface area contributed by atoms with E-state index >= 15 is 0 Å². The molecule has 2 heterocycles. The third kappa shape index (κ3) is 6.12. The lowest BCUT2D eigenvalue weighted by atomic mass is 10.0. The van der Waals surface area contributed by atoms with Gasteiger partial charge in [0.05, 0.1) is 19.3 Å². The first-order valence-corrected chi connectivity index (χ1v) is 9.53. The number of nitriles is 1. The minimum atomic E-state index is -1.23. The van der Waals surface area contributed by atoms with Gasteiger partial charge in [0.25, 0.3) is 0 Å². The Balaban J connectivity index is 1.91. The Morgan fingerprint density at radius 3 is 2.90 bits per heavy atom. The van der Waals surface area contributed by atoms with E-state index < -0.39 is 42.7 Å². The van der Waals surface area contributed by atoms with Crippen molar-refractivity contribution in [1.29, 1.82) is 5.26 Å². The van der Waals surface area contributed by atoms with E-state index in [9.17, 15) is 25.1 Å². The van der Waals surface area contributed by atoms with Crippen LogP contribution in [0.2, 0.25) is 0 Å².